The molecule has 1 aliphatic heterocycles. The van der Waals surface area contributed by atoms with Crippen LogP contribution in [0, 0.1) is 6.92 Å². The van der Waals surface area contributed by atoms with Crippen LogP contribution in [0.5, 0.6) is 0 Å². The van der Waals surface area contributed by atoms with E-state index in [1.165, 1.54) is 0 Å². The maximum Gasteiger partial charge on any atom is 0.272 e. The zero-order valence-electron chi connectivity index (χ0n) is 9.14. The summed E-state index contributed by atoms with van der Waals surface area (Å²) in [4.78, 5) is 11.3. The molecule has 1 amide bonds. The highest BCUT2D eigenvalue weighted by Gasteiger charge is 2.26. The highest BCUT2D eigenvalue weighted by Crippen LogP contribution is 2.14. The van der Waals surface area contributed by atoms with Gasteiger partial charge in [-0.2, -0.15) is 15.3 Å². The van der Waals surface area contributed by atoms with Crippen LogP contribution in [0.4, 0.5) is 5.69 Å². The van der Waals surface area contributed by atoms with Crippen molar-refractivity contribution >= 4 is 17.3 Å². The Balaban J connectivity index is 2.12. The van der Waals surface area contributed by atoms with E-state index in [1.807, 2.05) is 31.2 Å². The summed E-state index contributed by atoms with van der Waals surface area (Å²) in [5.41, 5.74) is 4.90. The van der Waals surface area contributed by atoms with Crippen molar-refractivity contribution in [3.8, 4) is 0 Å². The SMILES string of the molecule is CC1=NNC(=O)C1N=Nc1ccc(C)cc1. The van der Waals surface area contributed by atoms with E-state index in [0.29, 0.717) is 5.71 Å². The molecule has 1 N–H and O–H groups in total. The number of hydrazone groups is 1. The Hall–Kier alpha value is -2.04. The van der Waals surface area contributed by atoms with Gasteiger partial charge >= 0.3 is 0 Å². The number of amides is 1. The lowest BCUT2D eigenvalue weighted by molar-refractivity contribution is -0.120. The Morgan fingerprint density at radius 2 is 1.94 bits per heavy atom. The fraction of sp³-hybridized carbons (Fsp3) is 0.273. The fourth-order valence-corrected chi connectivity index (χ4v) is 1.33. The van der Waals surface area contributed by atoms with E-state index in [0.717, 1.165) is 11.3 Å². The zero-order chi connectivity index (χ0) is 11.5. The first kappa shape index (κ1) is 10.5. The molecule has 0 aromatic heterocycles. The van der Waals surface area contributed by atoms with Crippen molar-refractivity contribution in [2.45, 2.75) is 19.9 Å². The number of hydrogen-bond acceptors (Lipinski definition) is 4. The molecule has 82 valence electrons. The minimum absolute atomic E-state index is 0.228. The summed E-state index contributed by atoms with van der Waals surface area (Å²) in [6, 6.07) is 7.03. The predicted octanol–water partition coefficient (Wildman–Crippen LogP) is 1.95. The van der Waals surface area contributed by atoms with Crippen LogP contribution in [0.15, 0.2) is 39.6 Å². The number of benzene rings is 1. The fourth-order valence-electron chi connectivity index (χ4n) is 1.33. The third-order valence-electron chi connectivity index (χ3n) is 2.31. The third-order valence-corrected chi connectivity index (χ3v) is 2.31. The Kier molecular flexibility index (Phi) is 2.76. The number of nitrogens with zero attached hydrogens (tertiary/aromatic N) is 3. The average Bonchev–Trinajstić information content (AvgIpc) is 2.59. The van der Waals surface area contributed by atoms with Crippen molar-refractivity contribution in [3.63, 3.8) is 0 Å². The zero-order valence-corrected chi connectivity index (χ0v) is 9.14. The van der Waals surface area contributed by atoms with Gasteiger partial charge in [-0.3, -0.25) is 4.79 Å². The van der Waals surface area contributed by atoms with Gasteiger partial charge in [0.25, 0.3) is 5.91 Å². The molecule has 0 saturated carbocycles. The quantitative estimate of drug-likeness (QED) is 0.754. The number of hydrogen-bond donors (Lipinski definition) is 1. The maximum atomic E-state index is 11.3. The standard InChI is InChI=1S/C11H12N4O/c1-7-3-5-9(6-4-7)13-14-10-8(2)12-15-11(10)16/h3-6,10H,1-2H3,(H,15,16). The van der Waals surface area contributed by atoms with Crippen LogP contribution in [0.2, 0.25) is 0 Å². The monoisotopic (exact) mass is 216 g/mol. The molecule has 5 heteroatoms. The minimum Gasteiger partial charge on any atom is -0.270 e. The van der Waals surface area contributed by atoms with Gasteiger partial charge in [0.1, 0.15) is 0 Å². The molecule has 1 aromatic rings. The number of azo groups is 1. The van der Waals surface area contributed by atoms with E-state index in [2.05, 4.69) is 20.8 Å². The molecule has 0 fully saturated rings. The number of aryl methyl sites for hydroxylation is 1. The van der Waals surface area contributed by atoms with E-state index in [9.17, 15) is 4.79 Å². The van der Waals surface area contributed by atoms with Crippen molar-refractivity contribution in [2.24, 2.45) is 15.3 Å². The second kappa shape index (κ2) is 4.22. The molecule has 0 spiro atoms. The van der Waals surface area contributed by atoms with Crippen molar-refractivity contribution in [3.05, 3.63) is 29.8 Å². The Labute approximate surface area is 93.3 Å². The summed E-state index contributed by atoms with van der Waals surface area (Å²) in [5, 5.41) is 11.8. The molecular formula is C11H12N4O. The average molecular weight is 216 g/mol. The van der Waals surface area contributed by atoms with Gasteiger partial charge in [0, 0.05) is 0 Å². The molecule has 0 bridgehead atoms. The van der Waals surface area contributed by atoms with Crippen LogP contribution < -0.4 is 5.43 Å². The smallest absolute Gasteiger partial charge is 0.270 e. The number of carbonyl (C=O) groups is 1. The molecule has 16 heavy (non-hydrogen) atoms. The summed E-state index contributed by atoms with van der Waals surface area (Å²) in [7, 11) is 0. The summed E-state index contributed by atoms with van der Waals surface area (Å²) in [5.74, 6) is -0.228. The molecular weight excluding hydrogens is 204 g/mol. The first-order valence-electron chi connectivity index (χ1n) is 4.98. The summed E-state index contributed by atoms with van der Waals surface area (Å²) < 4.78 is 0. The highest BCUT2D eigenvalue weighted by atomic mass is 16.2. The van der Waals surface area contributed by atoms with Crippen molar-refractivity contribution in [2.75, 3.05) is 0 Å². The van der Waals surface area contributed by atoms with Crippen LogP contribution >= 0.6 is 0 Å². The van der Waals surface area contributed by atoms with E-state index in [-0.39, 0.29) is 5.91 Å². The molecule has 1 aromatic carbocycles. The van der Waals surface area contributed by atoms with Crippen LogP contribution in [-0.2, 0) is 4.79 Å². The summed E-state index contributed by atoms with van der Waals surface area (Å²) in [6.45, 7) is 3.75. The third kappa shape index (κ3) is 2.13. The second-order valence-electron chi connectivity index (χ2n) is 3.68. The number of rotatable bonds is 2. The Bertz CT molecular complexity index is 461. The van der Waals surface area contributed by atoms with Crippen LogP contribution in [0.3, 0.4) is 0 Å². The first-order chi connectivity index (χ1) is 7.66. The van der Waals surface area contributed by atoms with Crippen LogP contribution in [0.25, 0.3) is 0 Å². The molecule has 1 aliphatic rings. The van der Waals surface area contributed by atoms with Gasteiger partial charge in [-0.05, 0) is 26.0 Å². The van der Waals surface area contributed by atoms with Gasteiger partial charge < -0.3 is 0 Å². The van der Waals surface area contributed by atoms with Gasteiger partial charge in [0.05, 0.1) is 11.4 Å². The molecule has 1 unspecified atom stereocenters. The van der Waals surface area contributed by atoms with E-state index in [4.69, 9.17) is 0 Å². The first-order valence-corrected chi connectivity index (χ1v) is 4.98. The molecule has 1 heterocycles. The largest absolute Gasteiger partial charge is 0.272 e. The number of carbonyl (C=O) groups excluding carboxylic acids is 1. The molecule has 0 saturated heterocycles. The number of nitrogens with one attached hydrogen (secondary N) is 1. The molecule has 1 atom stereocenters. The van der Waals surface area contributed by atoms with Gasteiger partial charge in [0.2, 0.25) is 0 Å². The van der Waals surface area contributed by atoms with Crippen molar-refractivity contribution < 1.29 is 4.79 Å². The van der Waals surface area contributed by atoms with Gasteiger partial charge in [-0.15, -0.1) is 0 Å². The minimum atomic E-state index is -0.582. The van der Waals surface area contributed by atoms with Crippen molar-refractivity contribution in [1.82, 2.24) is 5.43 Å². The van der Waals surface area contributed by atoms with Crippen molar-refractivity contribution in [1.29, 1.82) is 0 Å². The van der Waals surface area contributed by atoms with E-state index in [1.54, 1.807) is 6.92 Å². The van der Waals surface area contributed by atoms with E-state index < -0.39 is 6.04 Å². The van der Waals surface area contributed by atoms with Crippen LogP contribution in [0.1, 0.15) is 12.5 Å². The summed E-state index contributed by atoms with van der Waals surface area (Å²) in [6.07, 6.45) is 0. The molecule has 0 aliphatic carbocycles. The topological polar surface area (TPSA) is 66.2 Å². The molecule has 5 nitrogen and oxygen atoms in total. The second-order valence-corrected chi connectivity index (χ2v) is 3.68. The predicted molar refractivity (Wildman–Crippen MR) is 60.7 cm³/mol. The molecule has 2 rings (SSSR count). The molecule has 0 radical (unpaired) electrons. The maximum absolute atomic E-state index is 11.3. The van der Waals surface area contributed by atoms with Gasteiger partial charge in [0.15, 0.2) is 6.04 Å². The highest BCUT2D eigenvalue weighted by molar-refractivity contribution is 6.10. The lowest BCUT2D eigenvalue weighted by Crippen LogP contribution is -2.25. The van der Waals surface area contributed by atoms with E-state index >= 15 is 0 Å². The lowest BCUT2D eigenvalue weighted by Gasteiger charge is -1.98. The lowest BCUT2D eigenvalue weighted by atomic mass is 10.2. The Morgan fingerprint density at radius 3 is 2.50 bits per heavy atom. The summed E-state index contributed by atoms with van der Waals surface area (Å²) >= 11 is 0. The van der Waals surface area contributed by atoms with Gasteiger partial charge in [-0.25, -0.2) is 5.43 Å². The Morgan fingerprint density at radius 1 is 1.25 bits per heavy atom. The van der Waals surface area contributed by atoms with Crippen LogP contribution in [-0.4, -0.2) is 17.7 Å². The normalized spacial score (nSPS) is 20.0. The van der Waals surface area contributed by atoms with Gasteiger partial charge in [-0.1, -0.05) is 17.7 Å².